The first-order chi connectivity index (χ1) is 11.2. The Morgan fingerprint density at radius 1 is 1.48 bits per heavy atom. The van der Waals surface area contributed by atoms with Gasteiger partial charge in [0.1, 0.15) is 24.0 Å². The van der Waals surface area contributed by atoms with Crippen LogP contribution in [0.4, 0.5) is 5.88 Å². The Labute approximate surface area is 142 Å². The maximum absolute atomic E-state index is 11.8. The highest BCUT2D eigenvalue weighted by molar-refractivity contribution is 9.10. The number of halogens is 1. The van der Waals surface area contributed by atoms with Crippen LogP contribution in [0.3, 0.4) is 0 Å². The first-order valence-corrected chi connectivity index (χ1v) is 7.85. The van der Waals surface area contributed by atoms with E-state index >= 15 is 0 Å². The average molecular weight is 385 g/mol. The normalized spacial score (nSPS) is 15.3. The fraction of sp³-hybridized carbons (Fsp3) is 0.467. The molecule has 1 saturated heterocycles. The predicted octanol–water partition coefficient (Wildman–Crippen LogP) is 1.98. The summed E-state index contributed by atoms with van der Waals surface area (Å²) in [5.74, 6) is 0.355. The van der Waals surface area contributed by atoms with Crippen LogP contribution in [0.15, 0.2) is 20.5 Å². The number of nitriles is 1. The number of hydrogen-bond donors (Lipinski definition) is 0. The van der Waals surface area contributed by atoms with Gasteiger partial charge in [0.2, 0.25) is 5.88 Å². The van der Waals surface area contributed by atoms with E-state index in [0.717, 1.165) is 17.6 Å². The molecule has 0 atom stereocenters. The van der Waals surface area contributed by atoms with Gasteiger partial charge in [-0.25, -0.2) is 4.79 Å². The van der Waals surface area contributed by atoms with Gasteiger partial charge in [-0.15, -0.1) is 0 Å². The number of rotatable bonds is 6. The van der Waals surface area contributed by atoms with E-state index in [4.69, 9.17) is 23.9 Å². The van der Waals surface area contributed by atoms with Crippen LogP contribution in [0.1, 0.15) is 5.76 Å². The molecule has 124 valence electrons. The summed E-state index contributed by atoms with van der Waals surface area (Å²) >= 11 is 3.43. The smallest absolute Gasteiger partial charge is 0.349 e. The lowest BCUT2D eigenvalue weighted by molar-refractivity contribution is -0.139. The number of carbonyl (C=O) groups excluding carboxylic acids is 1. The standard InChI is InChI=1S/C15H17BrN2O5/c1-20-6-7-22-15(19)11(10-17)8-12-9-13(16)14(23-12)18-2-4-21-5-3-18/h8-9H,2-7H2,1H3/b11-8+. The quantitative estimate of drug-likeness (QED) is 0.320. The van der Waals surface area contributed by atoms with Crippen molar-refractivity contribution < 1.29 is 23.4 Å². The first-order valence-electron chi connectivity index (χ1n) is 7.05. The van der Waals surface area contributed by atoms with Crippen LogP contribution in [-0.2, 0) is 19.0 Å². The molecule has 0 bridgehead atoms. The number of nitrogens with zero attached hydrogens (tertiary/aromatic N) is 2. The summed E-state index contributed by atoms with van der Waals surface area (Å²) in [5.41, 5.74) is -0.129. The summed E-state index contributed by atoms with van der Waals surface area (Å²) in [7, 11) is 1.50. The lowest BCUT2D eigenvalue weighted by Gasteiger charge is -2.26. The lowest BCUT2D eigenvalue weighted by atomic mass is 10.2. The Hall–Kier alpha value is -1.82. The molecule has 1 aromatic rings. The second-order valence-electron chi connectivity index (χ2n) is 4.70. The fourth-order valence-corrected chi connectivity index (χ4v) is 2.56. The highest BCUT2D eigenvalue weighted by atomic mass is 79.9. The second-order valence-corrected chi connectivity index (χ2v) is 5.55. The van der Waals surface area contributed by atoms with E-state index in [-0.39, 0.29) is 18.8 Å². The number of esters is 1. The Morgan fingerprint density at radius 2 is 2.22 bits per heavy atom. The van der Waals surface area contributed by atoms with Crippen LogP contribution >= 0.6 is 15.9 Å². The molecule has 7 nitrogen and oxygen atoms in total. The third-order valence-corrected chi connectivity index (χ3v) is 3.70. The van der Waals surface area contributed by atoms with Gasteiger partial charge in [-0.05, 0) is 15.9 Å². The topological polar surface area (TPSA) is 84.9 Å². The molecule has 1 aromatic heterocycles. The zero-order valence-electron chi connectivity index (χ0n) is 12.7. The van der Waals surface area contributed by atoms with Gasteiger partial charge in [-0.3, -0.25) is 0 Å². The summed E-state index contributed by atoms with van der Waals surface area (Å²) in [6.07, 6.45) is 1.36. The molecule has 0 saturated carbocycles. The second kappa shape index (κ2) is 8.72. The van der Waals surface area contributed by atoms with Crippen LogP contribution in [0, 0.1) is 11.3 Å². The van der Waals surface area contributed by atoms with Crippen molar-refractivity contribution in [1.82, 2.24) is 0 Å². The maximum atomic E-state index is 11.8. The van der Waals surface area contributed by atoms with Crippen molar-refractivity contribution in [2.24, 2.45) is 0 Å². The molecule has 2 rings (SSSR count). The van der Waals surface area contributed by atoms with Crippen LogP contribution in [0.5, 0.6) is 0 Å². The molecule has 1 fully saturated rings. The third kappa shape index (κ3) is 4.82. The molecule has 0 unspecified atom stereocenters. The third-order valence-electron chi connectivity index (χ3n) is 3.13. The van der Waals surface area contributed by atoms with Gasteiger partial charge >= 0.3 is 5.97 Å². The number of anilines is 1. The summed E-state index contributed by atoms with van der Waals surface area (Å²) in [6.45, 7) is 3.08. The highest BCUT2D eigenvalue weighted by Crippen LogP contribution is 2.31. The maximum Gasteiger partial charge on any atom is 0.349 e. The molecule has 0 radical (unpaired) electrons. The molecular formula is C15H17BrN2O5. The minimum atomic E-state index is -0.704. The summed E-state index contributed by atoms with van der Waals surface area (Å²) in [6, 6.07) is 3.54. The highest BCUT2D eigenvalue weighted by Gasteiger charge is 2.19. The average Bonchev–Trinajstić information content (AvgIpc) is 2.94. The number of ether oxygens (including phenoxy) is 3. The zero-order valence-corrected chi connectivity index (χ0v) is 14.3. The van der Waals surface area contributed by atoms with Crippen LogP contribution in [0.2, 0.25) is 0 Å². The van der Waals surface area contributed by atoms with Crippen molar-refractivity contribution in [3.63, 3.8) is 0 Å². The van der Waals surface area contributed by atoms with E-state index in [0.29, 0.717) is 24.9 Å². The van der Waals surface area contributed by atoms with Crippen LogP contribution in [0.25, 0.3) is 6.08 Å². The Bertz CT molecular complexity index is 614. The van der Waals surface area contributed by atoms with Gasteiger partial charge < -0.3 is 23.5 Å². The summed E-state index contributed by atoms with van der Waals surface area (Å²) < 4.78 is 21.5. The number of furan rings is 1. The van der Waals surface area contributed by atoms with Gasteiger partial charge in [0.25, 0.3) is 0 Å². The molecular weight excluding hydrogens is 368 g/mol. The number of hydrogen-bond acceptors (Lipinski definition) is 7. The number of morpholine rings is 1. The minimum absolute atomic E-state index is 0.0925. The fourth-order valence-electron chi connectivity index (χ4n) is 2.00. The SMILES string of the molecule is COCCOC(=O)/C(C#N)=C/c1cc(Br)c(N2CCOCC2)o1. The van der Waals surface area contributed by atoms with Crippen molar-refractivity contribution in [3.05, 3.63) is 21.9 Å². The van der Waals surface area contributed by atoms with Gasteiger partial charge in [0.15, 0.2) is 0 Å². The summed E-state index contributed by atoms with van der Waals surface area (Å²) in [4.78, 5) is 13.8. The monoisotopic (exact) mass is 384 g/mol. The van der Waals surface area contributed by atoms with E-state index in [1.165, 1.54) is 13.2 Å². The first kappa shape index (κ1) is 17.5. The van der Waals surface area contributed by atoms with Crippen molar-refractivity contribution in [2.75, 3.05) is 51.5 Å². The molecule has 8 heteroatoms. The van der Waals surface area contributed by atoms with Crippen molar-refractivity contribution >= 4 is 33.9 Å². The molecule has 2 heterocycles. The molecule has 0 aromatic carbocycles. The lowest BCUT2D eigenvalue weighted by Crippen LogP contribution is -2.36. The van der Waals surface area contributed by atoms with E-state index in [1.54, 1.807) is 6.07 Å². The molecule has 1 aliphatic rings. The molecule has 0 N–H and O–H groups in total. The zero-order chi connectivity index (χ0) is 16.7. The van der Waals surface area contributed by atoms with Gasteiger partial charge in [-0.1, -0.05) is 0 Å². The van der Waals surface area contributed by atoms with Gasteiger partial charge in [0, 0.05) is 32.3 Å². The van der Waals surface area contributed by atoms with Crippen molar-refractivity contribution in [2.45, 2.75) is 0 Å². The van der Waals surface area contributed by atoms with Gasteiger partial charge in [-0.2, -0.15) is 5.26 Å². The largest absolute Gasteiger partial charge is 0.459 e. The van der Waals surface area contributed by atoms with E-state index < -0.39 is 5.97 Å². The van der Waals surface area contributed by atoms with Crippen molar-refractivity contribution in [1.29, 1.82) is 5.26 Å². The van der Waals surface area contributed by atoms with E-state index in [9.17, 15) is 4.79 Å². The molecule has 23 heavy (non-hydrogen) atoms. The predicted molar refractivity (Wildman–Crippen MR) is 85.9 cm³/mol. The Kier molecular flexibility index (Phi) is 6.65. The minimum Gasteiger partial charge on any atom is -0.459 e. The molecule has 0 spiro atoms. The molecule has 1 aliphatic heterocycles. The summed E-state index contributed by atoms with van der Waals surface area (Å²) in [5, 5.41) is 9.11. The van der Waals surface area contributed by atoms with Gasteiger partial charge in [0.05, 0.1) is 24.3 Å². The van der Waals surface area contributed by atoms with Crippen LogP contribution in [-0.4, -0.2) is 52.6 Å². The number of carbonyl (C=O) groups is 1. The molecule has 0 aliphatic carbocycles. The molecule has 0 amide bonds. The van der Waals surface area contributed by atoms with E-state index in [2.05, 4.69) is 15.9 Å². The Balaban J connectivity index is 2.10. The Morgan fingerprint density at radius 3 is 2.87 bits per heavy atom. The van der Waals surface area contributed by atoms with Crippen molar-refractivity contribution in [3.8, 4) is 6.07 Å². The van der Waals surface area contributed by atoms with Crippen LogP contribution < -0.4 is 4.90 Å². The van der Waals surface area contributed by atoms with E-state index in [1.807, 2.05) is 11.0 Å². The number of methoxy groups -OCH3 is 1.